The Hall–Kier alpha value is -2.74. The Kier molecular flexibility index (Phi) is 3.08. The molecule has 0 N–H and O–H groups in total. The molecule has 0 bridgehead atoms. The van der Waals surface area contributed by atoms with E-state index in [-0.39, 0.29) is 0 Å². The van der Waals surface area contributed by atoms with E-state index in [1.54, 1.807) is 4.81 Å². The summed E-state index contributed by atoms with van der Waals surface area (Å²) in [6, 6.07) is 29.1. The minimum atomic E-state index is 0.982. The molecule has 4 aromatic rings. The van der Waals surface area contributed by atoms with Crippen LogP contribution in [0.15, 0.2) is 84.9 Å². The van der Waals surface area contributed by atoms with Gasteiger partial charge in [-0.1, -0.05) is 66.7 Å². The Bertz CT molecular complexity index is 956. The van der Waals surface area contributed by atoms with E-state index in [2.05, 4.69) is 54.6 Å². The van der Waals surface area contributed by atoms with Crippen LogP contribution in [-0.2, 0) is 0 Å². The summed E-state index contributed by atoms with van der Waals surface area (Å²) in [6.07, 6.45) is 0. The second-order valence-corrected chi connectivity index (χ2v) is 5.40. The highest BCUT2D eigenvalue weighted by Crippen LogP contribution is 2.32. The first-order chi connectivity index (χ1) is 10.8. The van der Waals surface area contributed by atoms with Crippen LogP contribution in [0.3, 0.4) is 0 Å². The van der Waals surface area contributed by atoms with Gasteiger partial charge in [0, 0.05) is 16.8 Å². The van der Waals surface area contributed by atoms with Crippen molar-refractivity contribution in [3.05, 3.63) is 84.9 Å². The number of rotatable bonds is 2. The van der Waals surface area contributed by atoms with Gasteiger partial charge in [-0.25, -0.2) is 0 Å². The van der Waals surface area contributed by atoms with Crippen LogP contribution >= 0.6 is 0 Å². The highest BCUT2D eigenvalue weighted by Gasteiger charge is 2.07. The van der Waals surface area contributed by atoms with Gasteiger partial charge in [0.25, 0.3) is 0 Å². The van der Waals surface area contributed by atoms with Crippen LogP contribution in [0, 0.1) is 0 Å². The number of fused-ring (bicyclic) bond motifs is 2. The van der Waals surface area contributed by atoms with Crippen LogP contribution in [0.25, 0.3) is 21.5 Å². The average Bonchev–Trinajstić information content (AvgIpc) is 2.60. The number of hydrogen-bond acceptors (Lipinski definition) is 1. The maximum absolute atomic E-state index is 6.41. The fourth-order valence-corrected chi connectivity index (χ4v) is 2.88. The van der Waals surface area contributed by atoms with E-state index in [4.69, 9.17) is 7.98 Å². The monoisotopic (exact) mass is 279 g/mol. The highest BCUT2D eigenvalue weighted by molar-refractivity contribution is 6.25. The van der Waals surface area contributed by atoms with Gasteiger partial charge < -0.3 is 4.81 Å². The summed E-state index contributed by atoms with van der Waals surface area (Å²) < 4.78 is 0. The van der Waals surface area contributed by atoms with Gasteiger partial charge in [-0.15, -0.1) is 0 Å². The molecule has 0 aliphatic heterocycles. The lowest BCUT2D eigenvalue weighted by Crippen LogP contribution is -2.12. The van der Waals surface area contributed by atoms with E-state index in [1.165, 1.54) is 16.2 Å². The Morgan fingerprint density at radius 3 is 2.14 bits per heavy atom. The summed E-state index contributed by atoms with van der Waals surface area (Å²) >= 11 is 0. The zero-order valence-corrected chi connectivity index (χ0v) is 12.1. The van der Waals surface area contributed by atoms with E-state index in [0.29, 0.717) is 0 Å². The van der Waals surface area contributed by atoms with Crippen molar-refractivity contribution in [2.75, 3.05) is 4.81 Å². The molecule has 0 heterocycles. The molecule has 0 fully saturated rings. The van der Waals surface area contributed by atoms with Crippen LogP contribution in [0.4, 0.5) is 11.4 Å². The van der Waals surface area contributed by atoms with Crippen molar-refractivity contribution >= 4 is 40.9 Å². The van der Waals surface area contributed by atoms with Crippen molar-refractivity contribution in [3.63, 3.8) is 0 Å². The zero-order valence-electron chi connectivity index (χ0n) is 12.1. The fourth-order valence-electron chi connectivity index (χ4n) is 2.88. The van der Waals surface area contributed by atoms with Crippen LogP contribution < -0.4 is 4.81 Å². The number of anilines is 2. The molecule has 0 unspecified atom stereocenters. The topological polar surface area (TPSA) is 3.24 Å². The second kappa shape index (κ2) is 5.23. The number of nitrogens with zero attached hydrogens (tertiary/aromatic N) is 1. The van der Waals surface area contributed by atoms with Gasteiger partial charge in [0.05, 0.1) is 0 Å². The van der Waals surface area contributed by atoms with Crippen LogP contribution in [0.2, 0.25) is 0 Å². The smallest absolute Gasteiger partial charge is 0.234 e. The Morgan fingerprint density at radius 2 is 1.27 bits per heavy atom. The third kappa shape index (κ3) is 2.13. The van der Waals surface area contributed by atoms with Gasteiger partial charge in [0.2, 0.25) is 7.98 Å². The molecule has 0 spiro atoms. The molecular weight excluding hydrogens is 265 g/mol. The lowest BCUT2D eigenvalue weighted by molar-refractivity contribution is 1.45. The fraction of sp³-hybridized carbons (Fsp3) is 0. The van der Waals surface area contributed by atoms with Crippen LogP contribution in [-0.4, -0.2) is 7.98 Å². The third-order valence-corrected chi connectivity index (χ3v) is 4.04. The molecule has 1 nitrogen and oxygen atoms in total. The Balaban J connectivity index is 1.86. The SMILES string of the molecule is [B]N(c1ccc2ccccc2c1)c1cccc2ccccc12. The summed E-state index contributed by atoms with van der Waals surface area (Å²) in [4.78, 5) is 1.76. The molecule has 22 heavy (non-hydrogen) atoms. The predicted molar refractivity (Wildman–Crippen MR) is 95.8 cm³/mol. The molecule has 4 aromatic carbocycles. The first kappa shape index (κ1) is 13.0. The lowest BCUT2D eigenvalue weighted by atomic mass is 10.0. The molecule has 0 amide bonds. The Labute approximate surface area is 131 Å². The molecule has 102 valence electrons. The zero-order chi connectivity index (χ0) is 14.9. The van der Waals surface area contributed by atoms with Crippen molar-refractivity contribution in [1.29, 1.82) is 0 Å². The maximum Gasteiger partial charge on any atom is 0.234 e. The quantitative estimate of drug-likeness (QED) is 0.455. The molecule has 0 atom stereocenters. The van der Waals surface area contributed by atoms with Crippen molar-refractivity contribution in [1.82, 2.24) is 0 Å². The molecule has 0 saturated carbocycles. The molecule has 0 saturated heterocycles. The largest absolute Gasteiger partial charge is 0.397 e. The molecule has 0 aliphatic rings. The van der Waals surface area contributed by atoms with Gasteiger partial charge in [0.15, 0.2) is 0 Å². The van der Waals surface area contributed by atoms with E-state index in [1.807, 2.05) is 30.3 Å². The molecule has 4 rings (SSSR count). The van der Waals surface area contributed by atoms with Crippen molar-refractivity contribution in [2.45, 2.75) is 0 Å². The Morgan fingerprint density at radius 1 is 0.591 bits per heavy atom. The van der Waals surface area contributed by atoms with E-state index in [9.17, 15) is 0 Å². The normalized spacial score (nSPS) is 10.9. The predicted octanol–water partition coefficient (Wildman–Crippen LogP) is 5.21. The molecule has 2 heteroatoms. The maximum atomic E-state index is 6.41. The molecule has 0 aromatic heterocycles. The van der Waals surface area contributed by atoms with E-state index in [0.717, 1.165) is 16.8 Å². The van der Waals surface area contributed by atoms with Crippen LogP contribution in [0.1, 0.15) is 0 Å². The van der Waals surface area contributed by atoms with Crippen molar-refractivity contribution in [2.24, 2.45) is 0 Å². The van der Waals surface area contributed by atoms with Crippen molar-refractivity contribution in [3.8, 4) is 0 Å². The molecule has 0 aliphatic carbocycles. The van der Waals surface area contributed by atoms with Gasteiger partial charge in [-0.2, -0.15) is 0 Å². The van der Waals surface area contributed by atoms with Gasteiger partial charge in [-0.3, -0.25) is 0 Å². The summed E-state index contributed by atoms with van der Waals surface area (Å²) in [5.74, 6) is 0. The van der Waals surface area contributed by atoms with Gasteiger partial charge >= 0.3 is 0 Å². The second-order valence-electron chi connectivity index (χ2n) is 5.40. The first-order valence-electron chi connectivity index (χ1n) is 7.34. The summed E-state index contributed by atoms with van der Waals surface area (Å²) in [5.41, 5.74) is 1.99. The minimum Gasteiger partial charge on any atom is -0.397 e. The molecular formula is C20H14BN. The lowest BCUT2D eigenvalue weighted by Gasteiger charge is -2.22. The van der Waals surface area contributed by atoms with Crippen LogP contribution in [0.5, 0.6) is 0 Å². The minimum absolute atomic E-state index is 0.982. The molecule has 2 radical (unpaired) electrons. The standard InChI is InChI=1S/C20H14BN/c21-22(18-13-12-15-6-1-2-8-17(15)14-18)20-11-5-9-16-7-3-4-10-19(16)20/h1-14H. The third-order valence-electron chi connectivity index (χ3n) is 4.04. The van der Waals surface area contributed by atoms with Gasteiger partial charge in [0.1, 0.15) is 0 Å². The summed E-state index contributed by atoms with van der Waals surface area (Å²) in [5, 5.41) is 4.75. The van der Waals surface area contributed by atoms with Gasteiger partial charge in [-0.05, 0) is 34.4 Å². The van der Waals surface area contributed by atoms with E-state index < -0.39 is 0 Å². The number of hydrogen-bond donors (Lipinski definition) is 0. The average molecular weight is 279 g/mol. The first-order valence-corrected chi connectivity index (χ1v) is 7.34. The highest BCUT2D eigenvalue weighted by atomic mass is 15.0. The van der Waals surface area contributed by atoms with E-state index >= 15 is 0 Å². The summed E-state index contributed by atoms with van der Waals surface area (Å²) in [7, 11) is 6.41. The summed E-state index contributed by atoms with van der Waals surface area (Å²) in [6.45, 7) is 0. The number of benzene rings is 4. The van der Waals surface area contributed by atoms with Crippen molar-refractivity contribution < 1.29 is 0 Å².